The smallest absolute Gasteiger partial charge is 0.251 e. The number of nitrogens with one attached hydrogen (secondary N) is 3. The zero-order chi connectivity index (χ0) is 28.5. The second-order valence-corrected chi connectivity index (χ2v) is 12.2. The lowest BCUT2D eigenvalue weighted by molar-refractivity contribution is -0.158. The molecule has 3 atom stereocenters. The molecule has 1 fully saturated rings. The predicted molar refractivity (Wildman–Crippen MR) is 150 cm³/mol. The van der Waals surface area contributed by atoms with Gasteiger partial charge in [0.2, 0.25) is 17.7 Å². The van der Waals surface area contributed by atoms with Crippen molar-refractivity contribution in [1.29, 1.82) is 0 Å². The standard InChI is InChI=1S/C31H40N4O4/c1-18(2)15-24-28(37)33-25(23-16-21-9-7-8-10-22(21)17-23)30(39)35(24)26(29(38)34-31(3,4)5)19-11-13-20(14-12-19)27(36)32-6/h7-14,18,23-26H,15-17H2,1-6H3,(H,32,36)(H,33,37)(H,34,38)/t24-,25-,26?/m1/s1. The van der Waals surface area contributed by atoms with Crippen molar-refractivity contribution in [1.82, 2.24) is 20.9 Å². The highest BCUT2D eigenvalue weighted by atomic mass is 16.2. The molecule has 1 saturated heterocycles. The van der Waals surface area contributed by atoms with E-state index in [4.69, 9.17) is 0 Å². The van der Waals surface area contributed by atoms with E-state index in [0.717, 1.165) is 0 Å². The quantitative estimate of drug-likeness (QED) is 0.509. The molecule has 0 spiro atoms. The van der Waals surface area contributed by atoms with Crippen LogP contribution in [0.2, 0.25) is 0 Å². The van der Waals surface area contributed by atoms with Gasteiger partial charge in [-0.25, -0.2) is 0 Å². The Hall–Kier alpha value is -3.68. The Kier molecular flexibility index (Phi) is 8.14. The molecule has 8 nitrogen and oxygen atoms in total. The second kappa shape index (κ2) is 11.2. The predicted octanol–water partition coefficient (Wildman–Crippen LogP) is 3.16. The van der Waals surface area contributed by atoms with Crippen molar-refractivity contribution in [3.05, 3.63) is 70.8 Å². The minimum Gasteiger partial charge on any atom is -0.355 e. The summed E-state index contributed by atoms with van der Waals surface area (Å²) >= 11 is 0. The third kappa shape index (κ3) is 6.15. The van der Waals surface area contributed by atoms with E-state index in [1.54, 1.807) is 31.3 Å². The van der Waals surface area contributed by atoms with E-state index in [9.17, 15) is 19.2 Å². The van der Waals surface area contributed by atoms with Crippen LogP contribution in [0.25, 0.3) is 0 Å². The maximum atomic E-state index is 14.4. The van der Waals surface area contributed by atoms with Gasteiger partial charge in [0, 0.05) is 18.2 Å². The van der Waals surface area contributed by atoms with Crippen molar-refractivity contribution >= 4 is 23.6 Å². The van der Waals surface area contributed by atoms with Gasteiger partial charge in [0.15, 0.2) is 0 Å². The average molecular weight is 533 g/mol. The van der Waals surface area contributed by atoms with Crippen LogP contribution in [0.1, 0.15) is 74.1 Å². The van der Waals surface area contributed by atoms with Gasteiger partial charge in [-0.3, -0.25) is 19.2 Å². The van der Waals surface area contributed by atoms with Crippen molar-refractivity contribution in [3.8, 4) is 0 Å². The van der Waals surface area contributed by atoms with E-state index >= 15 is 0 Å². The summed E-state index contributed by atoms with van der Waals surface area (Å²) in [6.07, 6.45) is 1.80. The molecule has 2 aromatic rings. The fourth-order valence-electron chi connectivity index (χ4n) is 5.71. The highest BCUT2D eigenvalue weighted by molar-refractivity contribution is 6.00. The Bertz CT molecular complexity index is 1220. The fourth-order valence-corrected chi connectivity index (χ4v) is 5.71. The van der Waals surface area contributed by atoms with Gasteiger partial charge in [-0.15, -0.1) is 0 Å². The van der Waals surface area contributed by atoms with Gasteiger partial charge >= 0.3 is 0 Å². The van der Waals surface area contributed by atoms with Crippen LogP contribution in [-0.2, 0) is 27.2 Å². The zero-order valence-electron chi connectivity index (χ0n) is 23.7. The first kappa shape index (κ1) is 28.3. The van der Waals surface area contributed by atoms with Crippen molar-refractivity contribution < 1.29 is 19.2 Å². The molecule has 1 unspecified atom stereocenters. The van der Waals surface area contributed by atoms with Gasteiger partial charge in [-0.2, -0.15) is 0 Å². The molecule has 0 aromatic heterocycles. The molecular weight excluding hydrogens is 492 g/mol. The van der Waals surface area contributed by atoms with Gasteiger partial charge in [0.25, 0.3) is 5.91 Å². The van der Waals surface area contributed by atoms with E-state index in [-0.39, 0.29) is 35.5 Å². The first-order valence-corrected chi connectivity index (χ1v) is 13.7. The van der Waals surface area contributed by atoms with Gasteiger partial charge in [-0.1, -0.05) is 50.2 Å². The summed E-state index contributed by atoms with van der Waals surface area (Å²) in [6, 6.07) is 12.2. The van der Waals surface area contributed by atoms with Gasteiger partial charge in [-0.05, 0) is 80.7 Å². The summed E-state index contributed by atoms with van der Waals surface area (Å²) in [5.74, 6) is -1.07. The van der Waals surface area contributed by atoms with Crippen LogP contribution in [0.15, 0.2) is 48.5 Å². The monoisotopic (exact) mass is 532 g/mol. The molecule has 39 heavy (non-hydrogen) atoms. The number of carbonyl (C=O) groups is 4. The lowest BCUT2D eigenvalue weighted by atomic mass is 9.87. The maximum Gasteiger partial charge on any atom is 0.251 e. The fraction of sp³-hybridized carbons (Fsp3) is 0.484. The Morgan fingerprint density at radius 2 is 1.59 bits per heavy atom. The van der Waals surface area contributed by atoms with Crippen molar-refractivity contribution in [2.45, 2.75) is 77.5 Å². The first-order valence-electron chi connectivity index (χ1n) is 13.7. The Morgan fingerprint density at radius 3 is 2.10 bits per heavy atom. The van der Waals surface area contributed by atoms with E-state index in [1.807, 2.05) is 46.8 Å². The summed E-state index contributed by atoms with van der Waals surface area (Å²) in [5.41, 5.74) is 2.81. The molecule has 0 radical (unpaired) electrons. The van der Waals surface area contributed by atoms with Gasteiger partial charge in [0.1, 0.15) is 18.1 Å². The molecule has 4 rings (SSSR count). The van der Waals surface area contributed by atoms with Crippen LogP contribution >= 0.6 is 0 Å². The SMILES string of the molecule is CNC(=O)c1ccc(C(C(=O)NC(C)(C)C)N2C(=O)[C@@H](C3Cc4ccccc4C3)NC(=O)[C@H]2CC(C)C)cc1. The molecule has 0 bridgehead atoms. The van der Waals surface area contributed by atoms with E-state index in [0.29, 0.717) is 30.4 Å². The van der Waals surface area contributed by atoms with E-state index < -0.39 is 23.7 Å². The third-order valence-electron chi connectivity index (χ3n) is 7.45. The minimum atomic E-state index is -1.03. The zero-order valence-corrected chi connectivity index (χ0v) is 23.7. The number of rotatable bonds is 7. The lowest BCUT2D eigenvalue weighted by Gasteiger charge is -2.45. The van der Waals surface area contributed by atoms with Crippen LogP contribution < -0.4 is 16.0 Å². The number of hydrogen-bond acceptors (Lipinski definition) is 4. The number of piperazine rings is 1. The van der Waals surface area contributed by atoms with E-state index in [2.05, 4.69) is 28.1 Å². The molecule has 3 N–H and O–H groups in total. The van der Waals surface area contributed by atoms with E-state index in [1.165, 1.54) is 16.0 Å². The van der Waals surface area contributed by atoms with Gasteiger partial charge in [0.05, 0.1) is 0 Å². The van der Waals surface area contributed by atoms with Crippen LogP contribution in [0.4, 0.5) is 0 Å². The Morgan fingerprint density at radius 1 is 1.00 bits per heavy atom. The average Bonchev–Trinajstić information content (AvgIpc) is 3.30. The largest absolute Gasteiger partial charge is 0.355 e. The molecule has 208 valence electrons. The van der Waals surface area contributed by atoms with Crippen LogP contribution in [-0.4, -0.2) is 53.2 Å². The maximum absolute atomic E-state index is 14.4. The summed E-state index contributed by atoms with van der Waals surface area (Å²) in [4.78, 5) is 55.6. The Balaban J connectivity index is 1.77. The number of benzene rings is 2. The molecule has 8 heteroatoms. The van der Waals surface area contributed by atoms with Crippen molar-refractivity contribution in [2.75, 3.05) is 7.05 Å². The summed E-state index contributed by atoms with van der Waals surface area (Å²) < 4.78 is 0. The van der Waals surface area contributed by atoms with Crippen molar-refractivity contribution in [2.24, 2.45) is 11.8 Å². The normalized spacial score (nSPS) is 20.4. The molecule has 0 saturated carbocycles. The molecule has 1 aliphatic heterocycles. The van der Waals surface area contributed by atoms with Crippen LogP contribution in [0.5, 0.6) is 0 Å². The van der Waals surface area contributed by atoms with Crippen molar-refractivity contribution in [3.63, 3.8) is 0 Å². The molecule has 2 aliphatic rings. The number of fused-ring (bicyclic) bond motifs is 1. The lowest BCUT2D eigenvalue weighted by Crippen LogP contribution is -2.67. The highest BCUT2D eigenvalue weighted by Gasteiger charge is 2.49. The summed E-state index contributed by atoms with van der Waals surface area (Å²) in [6.45, 7) is 9.64. The van der Waals surface area contributed by atoms with Gasteiger partial charge < -0.3 is 20.9 Å². The number of hydrogen-bond donors (Lipinski definition) is 3. The number of amides is 4. The summed E-state index contributed by atoms with van der Waals surface area (Å²) in [5, 5.41) is 8.66. The molecule has 1 heterocycles. The molecular formula is C31H40N4O4. The number of nitrogens with zero attached hydrogens (tertiary/aromatic N) is 1. The Labute approximate surface area is 230 Å². The molecule has 1 aliphatic carbocycles. The third-order valence-corrected chi connectivity index (χ3v) is 7.45. The highest BCUT2D eigenvalue weighted by Crippen LogP contribution is 2.35. The molecule has 4 amide bonds. The van der Waals surface area contributed by atoms with Crippen LogP contribution in [0.3, 0.4) is 0 Å². The second-order valence-electron chi connectivity index (χ2n) is 12.2. The number of carbonyl (C=O) groups excluding carboxylic acids is 4. The topological polar surface area (TPSA) is 108 Å². The summed E-state index contributed by atoms with van der Waals surface area (Å²) in [7, 11) is 1.55. The van der Waals surface area contributed by atoms with Crippen LogP contribution in [0, 0.1) is 11.8 Å². The first-order chi connectivity index (χ1) is 18.4. The molecule has 2 aromatic carbocycles. The minimum absolute atomic E-state index is 0.0942.